The van der Waals surface area contributed by atoms with Gasteiger partial charge in [-0.15, -0.1) is 0 Å². The number of ketones is 1. The summed E-state index contributed by atoms with van der Waals surface area (Å²) in [6.07, 6.45) is 2.74. The van der Waals surface area contributed by atoms with Crippen LogP contribution >= 0.6 is 15.9 Å². The van der Waals surface area contributed by atoms with Crippen LogP contribution in [0.5, 0.6) is 0 Å². The van der Waals surface area contributed by atoms with Crippen molar-refractivity contribution in [2.75, 3.05) is 14.2 Å². The molecular weight excluding hydrogens is 300 g/mol. The lowest BCUT2D eigenvalue weighted by molar-refractivity contribution is 0.0978. The van der Waals surface area contributed by atoms with Crippen LogP contribution in [-0.2, 0) is 9.68 Å². The first kappa shape index (κ1) is 14.4. The second-order valence-corrected chi connectivity index (χ2v) is 4.19. The number of halogens is 1. The van der Waals surface area contributed by atoms with Gasteiger partial charge in [-0.1, -0.05) is 38.4 Å². The van der Waals surface area contributed by atoms with Crippen molar-refractivity contribution in [3.63, 3.8) is 0 Å². The van der Waals surface area contributed by atoms with Crippen molar-refractivity contribution in [3.8, 4) is 0 Å². The Bertz CT molecular complexity index is 429. The molecule has 1 unspecified atom stereocenters. The van der Waals surface area contributed by atoms with Crippen molar-refractivity contribution in [2.24, 2.45) is 16.2 Å². The van der Waals surface area contributed by atoms with Crippen LogP contribution in [-0.4, -0.2) is 32.4 Å². The largest absolute Gasteiger partial charge is 0.399 e. The maximum absolute atomic E-state index is 12.2. The molecular formula is C12H13BrN2O3. The van der Waals surface area contributed by atoms with E-state index in [0.29, 0.717) is 5.56 Å². The van der Waals surface area contributed by atoms with E-state index in [1.807, 2.05) is 0 Å². The number of hydrogen-bond acceptors (Lipinski definition) is 5. The standard InChI is InChI=1S/C12H13BrN2O3/c1-17-14-7-10(8-15-18-2)12(16)9-3-5-11(13)6-4-9/h3-8,10H,1-2H3/b14-7-,15-8?. The Kier molecular flexibility index (Phi) is 6.07. The predicted octanol–water partition coefficient (Wildman–Crippen LogP) is 2.51. The third kappa shape index (κ3) is 4.29. The molecule has 0 bridgehead atoms. The van der Waals surface area contributed by atoms with Gasteiger partial charge in [0.15, 0.2) is 5.78 Å². The van der Waals surface area contributed by atoms with E-state index in [1.165, 1.54) is 26.6 Å². The third-order valence-corrected chi connectivity index (χ3v) is 2.61. The summed E-state index contributed by atoms with van der Waals surface area (Å²) in [7, 11) is 2.82. The fourth-order valence-corrected chi connectivity index (χ4v) is 1.50. The quantitative estimate of drug-likeness (QED) is 0.460. The molecule has 5 nitrogen and oxygen atoms in total. The van der Waals surface area contributed by atoms with Gasteiger partial charge in [0, 0.05) is 10.0 Å². The van der Waals surface area contributed by atoms with Gasteiger partial charge in [0.2, 0.25) is 0 Å². The summed E-state index contributed by atoms with van der Waals surface area (Å²) in [5, 5.41) is 7.17. The molecule has 0 N–H and O–H groups in total. The zero-order valence-corrected chi connectivity index (χ0v) is 11.6. The van der Waals surface area contributed by atoms with Crippen LogP contribution in [0.2, 0.25) is 0 Å². The minimum Gasteiger partial charge on any atom is -0.399 e. The molecule has 0 spiro atoms. The van der Waals surface area contributed by atoms with Gasteiger partial charge in [0.1, 0.15) is 14.2 Å². The first-order valence-electron chi connectivity index (χ1n) is 5.12. The van der Waals surface area contributed by atoms with E-state index in [9.17, 15) is 4.79 Å². The summed E-state index contributed by atoms with van der Waals surface area (Å²) in [4.78, 5) is 21.3. The normalized spacial score (nSPS) is 12.8. The van der Waals surface area contributed by atoms with E-state index < -0.39 is 5.92 Å². The van der Waals surface area contributed by atoms with Crippen LogP contribution in [0, 0.1) is 5.92 Å². The molecule has 1 atom stereocenters. The molecule has 0 heterocycles. The molecule has 1 aromatic carbocycles. The molecule has 0 aromatic heterocycles. The Balaban J connectivity index is 2.90. The summed E-state index contributed by atoms with van der Waals surface area (Å²) in [6.45, 7) is 0. The Hall–Kier alpha value is -1.69. The Morgan fingerprint density at radius 2 is 1.67 bits per heavy atom. The number of hydrogen-bond donors (Lipinski definition) is 0. The van der Waals surface area contributed by atoms with Crippen molar-refractivity contribution < 1.29 is 14.5 Å². The highest BCUT2D eigenvalue weighted by Crippen LogP contribution is 2.13. The SMILES string of the molecule is CON=CC(/C=N\OC)C(=O)c1ccc(Br)cc1. The van der Waals surface area contributed by atoms with Gasteiger partial charge < -0.3 is 9.68 Å². The number of carbonyl (C=O) groups excluding carboxylic acids is 1. The summed E-state index contributed by atoms with van der Waals surface area (Å²) < 4.78 is 0.909. The second kappa shape index (κ2) is 7.60. The van der Waals surface area contributed by atoms with Gasteiger partial charge in [-0.25, -0.2) is 0 Å². The molecule has 0 saturated heterocycles. The van der Waals surface area contributed by atoms with Gasteiger partial charge >= 0.3 is 0 Å². The van der Waals surface area contributed by atoms with Crippen molar-refractivity contribution in [3.05, 3.63) is 34.3 Å². The molecule has 1 rings (SSSR count). The van der Waals surface area contributed by atoms with Gasteiger partial charge in [-0.05, 0) is 12.1 Å². The number of oxime groups is 2. The van der Waals surface area contributed by atoms with Crippen LogP contribution in [0.3, 0.4) is 0 Å². The zero-order chi connectivity index (χ0) is 13.4. The van der Waals surface area contributed by atoms with Gasteiger partial charge in [-0.3, -0.25) is 4.79 Å². The highest BCUT2D eigenvalue weighted by atomic mass is 79.9. The minimum absolute atomic E-state index is 0.135. The van der Waals surface area contributed by atoms with E-state index in [0.717, 1.165) is 4.47 Å². The molecule has 96 valence electrons. The average Bonchev–Trinajstić information content (AvgIpc) is 2.39. The van der Waals surface area contributed by atoms with E-state index in [2.05, 4.69) is 35.9 Å². The van der Waals surface area contributed by atoms with E-state index in [1.54, 1.807) is 24.3 Å². The minimum atomic E-state index is -0.619. The molecule has 0 saturated carbocycles. The van der Waals surface area contributed by atoms with E-state index in [-0.39, 0.29) is 5.78 Å². The first-order chi connectivity index (χ1) is 8.69. The van der Waals surface area contributed by atoms with Crippen LogP contribution < -0.4 is 0 Å². The average molecular weight is 313 g/mol. The van der Waals surface area contributed by atoms with Crippen LogP contribution in [0.25, 0.3) is 0 Å². The summed E-state index contributed by atoms with van der Waals surface area (Å²) in [5.41, 5.74) is 0.563. The summed E-state index contributed by atoms with van der Waals surface area (Å²) in [6, 6.07) is 7.04. The number of benzene rings is 1. The molecule has 0 aliphatic carbocycles. The number of rotatable bonds is 6. The highest BCUT2D eigenvalue weighted by molar-refractivity contribution is 9.10. The van der Waals surface area contributed by atoms with Crippen LogP contribution in [0.15, 0.2) is 39.0 Å². The molecule has 6 heteroatoms. The zero-order valence-electron chi connectivity index (χ0n) is 10.0. The molecule has 0 aliphatic heterocycles. The Labute approximate surface area is 114 Å². The monoisotopic (exact) mass is 312 g/mol. The van der Waals surface area contributed by atoms with Crippen LogP contribution in [0.4, 0.5) is 0 Å². The molecule has 18 heavy (non-hydrogen) atoms. The maximum Gasteiger partial charge on any atom is 0.176 e. The van der Waals surface area contributed by atoms with Crippen molar-refractivity contribution in [2.45, 2.75) is 0 Å². The fourth-order valence-electron chi connectivity index (χ4n) is 1.23. The highest BCUT2D eigenvalue weighted by Gasteiger charge is 2.16. The molecule has 0 fully saturated rings. The maximum atomic E-state index is 12.2. The number of carbonyl (C=O) groups is 1. The van der Waals surface area contributed by atoms with Gasteiger partial charge in [-0.2, -0.15) is 0 Å². The lowest BCUT2D eigenvalue weighted by atomic mass is 10.00. The van der Waals surface area contributed by atoms with Crippen molar-refractivity contribution in [1.29, 1.82) is 0 Å². The van der Waals surface area contributed by atoms with E-state index >= 15 is 0 Å². The fraction of sp³-hybridized carbons (Fsp3) is 0.250. The molecule has 1 aromatic rings. The van der Waals surface area contributed by atoms with E-state index in [4.69, 9.17) is 0 Å². The lowest BCUT2D eigenvalue weighted by Gasteiger charge is -2.05. The first-order valence-corrected chi connectivity index (χ1v) is 5.91. The Morgan fingerprint density at radius 1 is 1.17 bits per heavy atom. The number of nitrogens with zero attached hydrogens (tertiary/aromatic N) is 2. The smallest absolute Gasteiger partial charge is 0.176 e. The third-order valence-electron chi connectivity index (χ3n) is 2.09. The second-order valence-electron chi connectivity index (χ2n) is 3.27. The van der Waals surface area contributed by atoms with Crippen molar-refractivity contribution >= 4 is 34.1 Å². The van der Waals surface area contributed by atoms with Gasteiger partial charge in [0.25, 0.3) is 0 Å². The summed E-state index contributed by atoms with van der Waals surface area (Å²) in [5.74, 6) is -0.754. The Morgan fingerprint density at radius 3 is 2.11 bits per heavy atom. The topological polar surface area (TPSA) is 60.3 Å². The molecule has 0 aliphatic rings. The molecule has 0 radical (unpaired) electrons. The molecule has 0 amide bonds. The number of Topliss-reactive ketones (excluding diaryl/α,β-unsaturated/α-hetero) is 1. The predicted molar refractivity (Wildman–Crippen MR) is 73.0 cm³/mol. The van der Waals surface area contributed by atoms with Gasteiger partial charge in [0.05, 0.1) is 18.3 Å². The van der Waals surface area contributed by atoms with Crippen LogP contribution in [0.1, 0.15) is 10.4 Å². The lowest BCUT2D eigenvalue weighted by Crippen LogP contribution is -2.18. The van der Waals surface area contributed by atoms with Crippen molar-refractivity contribution in [1.82, 2.24) is 0 Å². The summed E-state index contributed by atoms with van der Waals surface area (Å²) >= 11 is 3.31.